The fourth-order valence-corrected chi connectivity index (χ4v) is 4.89. The van der Waals surface area contributed by atoms with Gasteiger partial charge < -0.3 is 24.0 Å². The Labute approximate surface area is 217 Å². The lowest BCUT2D eigenvalue weighted by Gasteiger charge is -2.46. The zero-order valence-electron chi connectivity index (χ0n) is 21.7. The van der Waals surface area contributed by atoms with Gasteiger partial charge in [-0.1, -0.05) is 48.5 Å². The van der Waals surface area contributed by atoms with Gasteiger partial charge in [0.25, 0.3) is 0 Å². The van der Waals surface area contributed by atoms with Crippen molar-refractivity contribution >= 4 is 17.7 Å². The topological polar surface area (TPSA) is 68.3 Å². The van der Waals surface area contributed by atoms with Crippen LogP contribution in [0.1, 0.15) is 37.5 Å². The Morgan fingerprint density at radius 3 is 2.24 bits per heavy atom. The van der Waals surface area contributed by atoms with Crippen LogP contribution >= 0.6 is 0 Å². The number of hydrogen-bond acceptors (Lipinski definition) is 5. The molecule has 2 heterocycles. The molecule has 3 aromatic carbocycles. The first-order valence-corrected chi connectivity index (χ1v) is 12.4. The first-order valence-electron chi connectivity index (χ1n) is 12.4. The van der Waals surface area contributed by atoms with Crippen LogP contribution < -0.4 is 14.4 Å². The third-order valence-electron chi connectivity index (χ3n) is 6.75. The molecule has 2 aliphatic rings. The number of carbonyl (C=O) groups is 2. The van der Waals surface area contributed by atoms with Crippen LogP contribution in [0, 0.1) is 0 Å². The average Bonchev–Trinajstić information content (AvgIpc) is 3.09. The fourth-order valence-electron chi connectivity index (χ4n) is 4.89. The largest absolute Gasteiger partial charge is 0.497 e. The predicted octanol–water partition coefficient (Wildman–Crippen LogP) is 5.31. The molecule has 0 bridgehead atoms. The summed E-state index contributed by atoms with van der Waals surface area (Å²) in [5, 5.41) is 0. The summed E-state index contributed by atoms with van der Waals surface area (Å²) in [5.74, 6) is 1.44. The van der Waals surface area contributed by atoms with Gasteiger partial charge in [0.1, 0.15) is 29.1 Å². The van der Waals surface area contributed by atoms with Gasteiger partial charge in [0.05, 0.1) is 19.3 Å². The van der Waals surface area contributed by atoms with E-state index in [9.17, 15) is 9.59 Å². The maximum Gasteiger partial charge on any atom is 0.410 e. The minimum absolute atomic E-state index is 0.0154. The van der Waals surface area contributed by atoms with Gasteiger partial charge >= 0.3 is 6.09 Å². The molecule has 192 valence electrons. The van der Waals surface area contributed by atoms with Crippen molar-refractivity contribution in [1.82, 2.24) is 4.90 Å². The van der Waals surface area contributed by atoms with Crippen LogP contribution in [0.5, 0.6) is 11.5 Å². The van der Waals surface area contributed by atoms with Gasteiger partial charge in [0, 0.05) is 19.2 Å². The Balaban J connectivity index is 1.42. The molecule has 1 fully saturated rings. The molecule has 7 nitrogen and oxygen atoms in total. The predicted molar refractivity (Wildman–Crippen MR) is 141 cm³/mol. The van der Waals surface area contributed by atoms with E-state index in [1.807, 2.05) is 93.6 Å². The molecule has 1 spiro atoms. The van der Waals surface area contributed by atoms with Crippen molar-refractivity contribution in [2.24, 2.45) is 0 Å². The maximum atomic E-state index is 13.9. The number of anilines is 1. The fraction of sp³-hybridized carbons (Fsp3) is 0.333. The molecule has 0 atom stereocenters. The summed E-state index contributed by atoms with van der Waals surface area (Å²) >= 11 is 0. The second-order valence-electron chi connectivity index (χ2n) is 10.6. The molecule has 0 N–H and O–H groups in total. The molecule has 1 saturated heterocycles. The standard InChI is InChI=1S/C30H32N2O5/c1-29(2,3)37-28(34)31-19-30(20-31)25-15-14-24(36-18-22-8-6-5-7-9-22)16-26(25)32(27(30)33)17-21-10-12-23(35-4)13-11-21/h5-16H,17-20H2,1-4H3. The molecule has 0 unspecified atom stereocenters. The Hall–Kier alpha value is -4.00. The van der Waals surface area contributed by atoms with Crippen molar-refractivity contribution in [1.29, 1.82) is 0 Å². The third-order valence-corrected chi connectivity index (χ3v) is 6.75. The van der Waals surface area contributed by atoms with Gasteiger partial charge in [0.15, 0.2) is 0 Å². The van der Waals surface area contributed by atoms with E-state index in [1.165, 1.54) is 0 Å². The number of methoxy groups -OCH3 is 1. The molecular weight excluding hydrogens is 468 g/mol. The monoisotopic (exact) mass is 500 g/mol. The first kappa shape index (κ1) is 24.7. The van der Waals surface area contributed by atoms with Gasteiger partial charge in [-0.25, -0.2) is 4.79 Å². The quantitative estimate of drug-likeness (QED) is 0.459. The highest BCUT2D eigenvalue weighted by atomic mass is 16.6. The molecular formula is C30H32N2O5. The molecule has 0 saturated carbocycles. The zero-order valence-corrected chi connectivity index (χ0v) is 21.7. The Bertz CT molecular complexity index is 1290. The lowest BCUT2D eigenvalue weighted by atomic mass is 9.75. The number of carbonyl (C=O) groups excluding carboxylic acids is 2. The van der Waals surface area contributed by atoms with Crippen molar-refractivity contribution in [2.45, 2.75) is 44.9 Å². The number of rotatable bonds is 6. The van der Waals surface area contributed by atoms with Crippen LogP contribution in [0.15, 0.2) is 72.8 Å². The van der Waals surface area contributed by atoms with Gasteiger partial charge in [-0.2, -0.15) is 0 Å². The summed E-state index contributed by atoms with van der Waals surface area (Å²) < 4.78 is 16.9. The smallest absolute Gasteiger partial charge is 0.410 e. The van der Waals surface area contributed by atoms with E-state index < -0.39 is 17.1 Å². The minimum Gasteiger partial charge on any atom is -0.497 e. The van der Waals surface area contributed by atoms with Gasteiger partial charge in [-0.05, 0) is 55.7 Å². The number of benzene rings is 3. The normalized spacial score (nSPS) is 15.8. The van der Waals surface area contributed by atoms with Gasteiger partial charge in [-0.15, -0.1) is 0 Å². The summed E-state index contributed by atoms with van der Waals surface area (Å²) in [4.78, 5) is 30.0. The zero-order chi connectivity index (χ0) is 26.2. The second kappa shape index (κ2) is 9.47. The van der Waals surface area contributed by atoms with E-state index >= 15 is 0 Å². The van der Waals surface area contributed by atoms with Crippen molar-refractivity contribution in [2.75, 3.05) is 25.1 Å². The van der Waals surface area contributed by atoms with Crippen LogP contribution in [0.25, 0.3) is 0 Å². The van der Waals surface area contributed by atoms with Crippen LogP contribution in [0.2, 0.25) is 0 Å². The van der Waals surface area contributed by atoms with E-state index in [0.717, 1.165) is 28.1 Å². The SMILES string of the molecule is COc1ccc(CN2C(=O)C3(CN(C(=O)OC(C)(C)C)C3)c3ccc(OCc4ccccc4)cc32)cc1. The number of fused-ring (bicyclic) bond motifs is 2. The van der Waals surface area contributed by atoms with Crippen LogP contribution in [-0.4, -0.2) is 42.7 Å². The maximum absolute atomic E-state index is 13.9. The lowest BCUT2D eigenvalue weighted by Crippen LogP contribution is -2.65. The van der Waals surface area contributed by atoms with Crippen molar-refractivity contribution in [3.8, 4) is 11.5 Å². The van der Waals surface area contributed by atoms with Crippen molar-refractivity contribution in [3.05, 3.63) is 89.5 Å². The Morgan fingerprint density at radius 2 is 1.59 bits per heavy atom. The summed E-state index contributed by atoms with van der Waals surface area (Å²) in [5.41, 5.74) is 2.40. The Kier molecular flexibility index (Phi) is 6.31. The lowest BCUT2D eigenvalue weighted by molar-refractivity contribution is -0.129. The minimum atomic E-state index is -0.781. The van der Waals surface area contributed by atoms with E-state index in [1.54, 1.807) is 16.9 Å². The average molecular weight is 501 g/mol. The first-order chi connectivity index (χ1) is 17.7. The molecule has 5 rings (SSSR count). The summed E-state index contributed by atoms with van der Waals surface area (Å²) in [6.45, 7) is 6.93. The van der Waals surface area contributed by atoms with E-state index in [-0.39, 0.29) is 19.0 Å². The molecule has 0 radical (unpaired) electrons. The molecule has 0 aromatic heterocycles. The molecule has 3 aromatic rings. The number of ether oxygens (including phenoxy) is 3. The molecule has 0 aliphatic carbocycles. The van der Waals surface area contributed by atoms with E-state index in [0.29, 0.717) is 18.9 Å². The highest BCUT2D eigenvalue weighted by Crippen LogP contribution is 2.49. The van der Waals surface area contributed by atoms with Crippen molar-refractivity contribution in [3.63, 3.8) is 0 Å². The molecule has 37 heavy (non-hydrogen) atoms. The van der Waals surface area contributed by atoms with Crippen LogP contribution in [-0.2, 0) is 28.1 Å². The van der Waals surface area contributed by atoms with Crippen molar-refractivity contribution < 1.29 is 23.8 Å². The molecule has 2 amide bonds. The number of hydrogen-bond donors (Lipinski definition) is 0. The van der Waals surface area contributed by atoms with E-state index in [4.69, 9.17) is 14.2 Å². The highest BCUT2D eigenvalue weighted by molar-refractivity contribution is 6.10. The summed E-state index contributed by atoms with van der Waals surface area (Å²) in [6, 6.07) is 23.5. The third kappa shape index (κ3) is 4.86. The van der Waals surface area contributed by atoms with Gasteiger partial charge in [-0.3, -0.25) is 4.79 Å². The Morgan fingerprint density at radius 1 is 0.919 bits per heavy atom. The number of likely N-dealkylation sites (tertiary alicyclic amines) is 1. The second-order valence-corrected chi connectivity index (χ2v) is 10.6. The van der Waals surface area contributed by atoms with Gasteiger partial charge in [0.2, 0.25) is 5.91 Å². The summed E-state index contributed by atoms with van der Waals surface area (Å²) in [6.07, 6.45) is -0.399. The molecule has 2 aliphatic heterocycles. The summed E-state index contributed by atoms with van der Waals surface area (Å²) in [7, 11) is 1.63. The molecule has 7 heteroatoms. The number of nitrogens with zero attached hydrogens (tertiary/aromatic N) is 2. The van der Waals surface area contributed by atoms with Crippen LogP contribution in [0.3, 0.4) is 0 Å². The highest BCUT2D eigenvalue weighted by Gasteiger charge is 2.59. The number of amides is 2. The van der Waals surface area contributed by atoms with Crippen LogP contribution in [0.4, 0.5) is 10.5 Å². The van der Waals surface area contributed by atoms with E-state index in [2.05, 4.69) is 0 Å².